The van der Waals surface area contributed by atoms with Crippen LogP contribution in [-0.4, -0.2) is 80.1 Å². The number of carbonyl (C=O) groups is 1. The number of imidazole rings is 2. The normalized spacial score (nSPS) is 18.3. The third-order valence-corrected chi connectivity index (χ3v) is 7.99. The monoisotopic (exact) mass is 516 g/mol. The molecule has 4 aromatic rings. The number of hydrogen-bond acceptors (Lipinski definition) is 6. The highest BCUT2D eigenvalue weighted by molar-refractivity contribution is 5.77. The van der Waals surface area contributed by atoms with Crippen molar-refractivity contribution >= 4 is 17.9 Å². The second-order valence-corrected chi connectivity index (χ2v) is 10.5. The summed E-state index contributed by atoms with van der Waals surface area (Å²) < 4.78 is 17.6. The van der Waals surface area contributed by atoms with Crippen molar-refractivity contribution in [1.82, 2.24) is 33.9 Å². The smallest absolute Gasteiger partial charge is 0.212 e. The van der Waals surface area contributed by atoms with Crippen LogP contribution in [0.25, 0.3) is 28.3 Å². The molecule has 0 aliphatic carbocycles. The Hall–Kier alpha value is -3.63. The number of hydrogen-bond donors (Lipinski definition) is 1. The molecule has 0 atom stereocenters. The molecule has 38 heavy (non-hydrogen) atoms. The summed E-state index contributed by atoms with van der Waals surface area (Å²) in [6.07, 6.45) is 8.85. The number of anilines is 1. The predicted molar refractivity (Wildman–Crippen MR) is 144 cm³/mol. The molecule has 0 unspecified atom stereocenters. The molecule has 2 aliphatic rings. The summed E-state index contributed by atoms with van der Waals surface area (Å²) >= 11 is 0. The van der Waals surface area contributed by atoms with Crippen LogP contribution in [0, 0.1) is 11.7 Å². The number of carbonyl (C=O) groups excluding carboxylic acids is 1. The largest absolute Gasteiger partial charge is 0.326 e. The Morgan fingerprint density at radius 3 is 2.53 bits per heavy atom. The molecule has 0 saturated carbocycles. The molecule has 2 fully saturated rings. The minimum atomic E-state index is -0.278. The molecule has 2 saturated heterocycles. The Kier molecular flexibility index (Phi) is 6.90. The zero-order valence-electron chi connectivity index (χ0n) is 21.6. The maximum absolute atomic E-state index is 13.7. The standard InChI is InChI=1S/C28H33FN8O/c1-34-12-8-20(9-13-34)16-35-14-10-23(11-15-35)36-18-30-27(21-2-4-22(29)5-3-21)28(36)24-6-7-26-32-25(31-19-38)17-37(26)33-24/h2-7,17-20,23H,8-16H2,1H3,(H,31,38). The molecular weight excluding hydrogens is 483 g/mol. The Morgan fingerprint density at radius 2 is 1.79 bits per heavy atom. The molecule has 0 bridgehead atoms. The van der Waals surface area contributed by atoms with Crippen LogP contribution in [0.1, 0.15) is 31.7 Å². The van der Waals surface area contributed by atoms with Crippen LogP contribution in [0.15, 0.2) is 48.9 Å². The first-order valence-electron chi connectivity index (χ1n) is 13.4. The van der Waals surface area contributed by atoms with Gasteiger partial charge < -0.3 is 19.7 Å². The van der Waals surface area contributed by atoms with Gasteiger partial charge in [-0.3, -0.25) is 4.79 Å². The maximum Gasteiger partial charge on any atom is 0.212 e. The number of likely N-dealkylation sites (tertiary alicyclic amines) is 2. The SMILES string of the molecule is CN1CCC(CN2CCC(n3cnc(-c4ccc(F)cc4)c3-c3ccc4nc(NC=O)cn4n3)CC2)CC1. The van der Waals surface area contributed by atoms with Crippen LogP contribution in [0.3, 0.4) is 0 Å². The number of halogens is 1. The number of amides is 1. The first kappa shape index (κ1) is 24.7. The van der Waals surface area contributed by atoms with E-state index in [1.165, 1.54) is 44.6 Å². The fourth-order valence-corrected chi connectivity index (χ4v) is 5.84. The second kappa shape index (κ2) is 10.6. The Morgan fingerprint density at radius 1 is 1.03 bits per heavy atom. The number of fused-ring (bicyclic) bond motifs is 1. The summed E-state index contributed by atoms with van der Waals surface area (Å²) in [5.41, 5.74) is 3.91. The van der Waals surface area contributed by atoms with Crippen LogP contribution in [-0.2, 0) is 4.79 Å². The van der Waals surface area contributed by atoms with Gasteiger partial charge >= 0.3 is 0 Å². The van der Waals surface area contributed by atoms with E-state index in [2.05, 4.69) is 31.7 Å². The molecule has 5 heterocycles. The average molecular weight is 517 g/mol. The molecule has 0 spiro atoms. The van der Waals surface area contributed by atoms with E-state index < -0.39 is 0 Å². The molecule has 0 radical (unpaired) electrons. The van der Waals surface area contributed by atoms with E-state index in [0.29, 0.717) is 23.9 Å². The molecule has 1 amide bonds. The van der Waals surface area contributed by atoms with Gasteiger partial charge in [0.05, 0.1) is 23.9 Å². The molecule has 3 aromatic heterocycles. The van der Waals surface area contributed by atoms with Gasteiger partial charge in [0, 0.05) is 31.2 Å². The van der Waals surface area contributed by atoms with E-state index in [1.807, 2.05) is 18.5 Å². The summed E-state index contributed by atoms with van der Waals surface area (Å²) in [4.78, 5) is 25.1. The van der Waals surface area contributed by atoms with Crippen LogP contribution in [0.5, 0.6) is 0 Å². The second-order valence-electron chi connectivity index (χ2n) is 10.5. The third-order valence-electron chi connectivity index (χ3n) is 7.99. The van der Waals surface area contributed by atoms with E-state index in [-0.39, 0.29) is 5.82 Å². The van der Waals surface area contributed by atoms with Gasteiger partial charge in [-0.2, -0.15) is 5.10 Å². The van der Waals surface area contributed by atoms with E-state index >= 15 is 0 Å². The highest BCUT2D eigenvalue weighted by atomic mass is 19.1. The molecular formula is C28H33FN8O. The van der Waals surface area contributed by atoms with Gasteiger partial charge in [-0.1, -0.05) is 0 Å². The van der Waals surface area contributed by atoms with E-state index in [4.69, 9.17) is 10.1 Å². The first-order valence-corrected chi connectivity index (χ1v) is 13.4. The van der Waals surface area contributed by atoms with Gasteiger partial charge in [0.15, 0.2) is 11.5 Å². The molecule has 1 N–H and O–H groups in total. The van der Waals surface area contributed by atoms with Crippen molar-refractivity contribution in [2.75, 3.05) is 45.1 Å². The van der Waals surface area contributed by atoms with Crippen LogP contribution < -0.4 is 5.32 Å². The number of piperidine rings is 2. The fourth-order valence-electron chi connectivity index (χ4n) is 5.84. The number of aromatic nitrogens is 5. The van der Waals surface area contributed by atoms with Crippen molar-refractivity contribution in [1.29, 1.82) is 0 Å². The minimum Gasteiger partial charge on any atom is -0.326 e. The molecule has 9 nitrogen and oxygen atoms in total. The lowest BCUT2D eigenvalue weighted by Gasteiger charge is -2.37. The Bertz CT molecular complexity index is 1400. The summed E-state index contributed by atoms with van der Waals surface area (Å²) in [6.45, 7) is 5.72. The first-order chi connectivity index (χ1) is 18.6. The summed E-state index contributed by atoms with van der Waals surface area (Å²) in [6, 6.07) is 10.6. The van der Waals surface area contributed by atoms with Gasteiger partial charge in [-0.25, -0.2) is 18.9 Å². The van der Waals surface area contributed by atoms with Crippen molar-refractivity contribution in [3.8, 4) is 22.6 Å². The zero-order chi connectivity index (χ0) is 26.1. The highest BCUT2D eigenvalue weighted by Gasteiger charge is 2.28. The van der Waals surface area contributed by atoms with Crippen LogP contribution >= 0.6 is 0 Å². The average Bonchev–Trinajstić information content (AvgIpc) is 3.55. The van der Waals surface area contributed by atoms with Gasteiger partial charge in [0.1, 0.15) is 11.5 Å². The molecule has 1 aromatic carbocycles. The van der Waals surface area contributed by atoms with Gasteiger partial charge in [0.25, 0.3) is 0 Å². The number of nitrogens with zero attached hydrogens (tertiary/aromatic N) is 7. The molecule has 198 valence electrons. The lowest BCUT2D eigenvalue weighted by molar-refractivity contribution is -0.105. The van der Waals surface area contributed by atoms with Gasteiger partial charge in [-0.05, 0) is 88.1 Å². The van der Waals surface area contributed by atoms with Crippen LogP contribution in [0.4, 0.5) is 10.2 Å². The molecule has 10 heteroatoms. The lowest BCUT2D eigenvalue weighted by atomic mass is 9.95. The van der Waals surface area contributed by atoms with Crippen molar-refractivity contribution in [3.63, 3.8) is 0 Å². The van der Waals surface area contributed by atoms with Crippen molar-refractivity contribution in [3.05, 3.63) is 54.7 Å². The molecule has 2 aliphatic heterocycles. The summed E-state index contributed by atoms with van der Waals surface area (Å²) in [7, 11) is 2.21. The summed E-state index contributed by atoms with van der Waals surface area (Å²) in [5, 5.41) is 7.41. The quantitative estimate of drug-likeness (QED) is 0.375. The van der Waals surface area contributed by atoms with E-state index in [9.17, 15) is 9.18 Å². The van der Waals surface area contributed by atoms with E-state index in [1.54, 1.807) is 22.8 Å². The maximum atomic E-state index is 13.7. The number of rotatable bonds is 7. The van der Waals surface area contributed by atoms with Crippen molar-refractivity contribution < 1.29 is 9.18 Å². The summed E-state index contributed by atoms with van der Waals surface area (Å²) in [5.74, 6) is 0.954. The third kappa shape index (κ3) is 5.06. The predicted octanol–water partition coefficient (Wildman–Crippen LogP) is 3.95. The van der Waals surface area contributed by atoms with Gasteiger partial charge in [0.2, 0.25) is 6.41 Å². The van der Waals surface area contributed by atoms with Crippen molar-refractivity contribution in [2.45, 2.75) is 31.7 Å². The highest BCUT2D eigenvalue weighted by Crippen LogP contribution is 2.36. The number of nitrogens with one attached hydrogen (secondary N) is 1. The Balaban J connectivity index is 1.28. The van der Waals surface area contributed by atoms with Crippen LogP contribution in [0.2, 0.25) is 0 Å². The fraction of sp³-hybridized carbons (Fsp3) is 0.429. The van der Waals surface area contributed by atoms with E-state index in [0.717, 1.165) is 54.5 Å². The van der Waals surface area contributed by atoms with Crippen molar-refractivity contribution in [2.24, 2.45) is 5.92 Å². The van der Waals surface area contributed by atoms with Gasteiger partial charge in [-0.15, -0.1) is 0 Å². The lowest BCUT2D eigenvalue weighted by Crippen LogP contribution is -2.41. The topological polar surface area (TPSA) is 83.6 Å². The molecule has 6 rings (SSSR count). The minimum absolute atomic E-state index is 0.278. The zero-order valence-corrected chi connectivity index (χ0v) is 21.6. The number of benzene rings is 1. The Labute approximate surface area is 221 Å².